The molecule has 6 heteroatoms. The summed E-state index contributed by atoms with van der Waals surface area (Å²) in [5.41, 5.74) is 5.71. The van der Waals surface area contributed by atoms with E-state index in [1.54, 1.807) is 25.1 Å². The number of carbonyl (C=O) groups is 1. The summed E-state index contributed by atoms with van der Waals surface area (Å²) in [6.07, 6.45) is -1.97. The van der Waals surface area contributed by atoms with E-state index in [9.17, 15) is 4.79 Å². The number of rotatable bonds is 6. The molecule has 1 rings (SSSR count). The van der Waals surface area contributed by atoms with Gasteiger partial charge in [0, 0.05) is 17.7 Å². The van der Waals surface area contributed by atoms with Gasteiger partial charge >= 0.3 is 6.09 Å². The average Bonchev–Trinajstić information content (AvgIpc) is 2.31. The third-order valence-electron chi connectivity index (χ3n) is 2.31. The Bertz CT molecular complexity index is 399. The summed E-state index contributed by atoms with van der Waals surface area (Å²) in [6, 6.07) is 7.15. The Morgan fingerprint density at radius 3 is 2.67 bits per heavy atom. The van der Waals surface area contributed by atoms with Gasteiger partial charge in [0.05, 0.1) is 0 Å². The first-order chi connectivity index (χ1) is 8.56. The third kappa shape index (κ3) is 4.18. The number of hydrogen-bond acceptors (Lipinski definition) is 4. The van der Waals surface area contributed by atoms with Crippen LogP contribution in [-0.4, -0.2) is 26.1 Å². The Hall–Kier alpha value is -1.30. The van der Waals surface area contributed by atoms with Gasteiger partial charge in [0.2, 0.25) is 0 Å². The van der Waals surface area contributed by atoms with Crippen molar-refractivity contribution >= 4 is 17.7 Å². The number of halogens is 1. The summed E-state index contributed by atoms with van der Waals surface area (Å²) in [6.45, 7) is 1.73. The van der Waals surface area contributed by atoms with E-state index < -0.39 is 18.3 Å². The second kappa shape index (κ2) is 7.20. The minimum absolute atomic E-state index is 0.0579. The van der Waals surface area contributed by atoms with E-state index in [4.69, 9.17) is 31.5 Å². The highest BCUT2D eigenvalue weighted by atomic mass is 35.5. The highest BCUT2D eigenvalue weighted by molar-refractivity contribution is 6.31. The van der Waals surface area contributed by atoms with Gasteiger partial charge in [-0.3, -0.25) is 0 Å². The van der Waals surface area contributed by atoms with Crippen LogP contribution in [0.5, 0.6) is 0 Å². The molecular weight excluding hydrogens is 258 g/mol. The van der Waals surface area contributed by atoms with Gasteiger partial charge in [-0.25, -0.2) is 4.79 Å². The molecule has 1 amide bonds. The quantitative estimate of drug-likeness (QED) is 0.809. The molecule has 0 radical (unpaired) electrons. The molecule has 2 N–H and O–H groups in total. The Labute approximate surface area is 111 Å². The molecule has 18 heavy (non-hydrogen) atoms. The van der Waals surface area contributed by atoms with Gasteiger partial charge in [0.15, 0.2) is 0 Å². The summed E-state index contributed by atoms with van der Waals surface area (Å²) in [7, 11) is 1.50. The average molecular weight is 274 g/mol. The molecule has 0 heterocycles. The van der Waals surface area contributed by atoms with E-state index in [1.807, 2.05) is 6.07 Å². The number of ether oxygens (including phenoxy) is 3. The van der Waals surface area contributed by atoms with Crippen molar-refractivity contribution in [3.8, 4) is 0 Å². The number of carbonyl (C=O) groups excluding carboxylic acids is 1. The first-order valence-corrected chi connectivity index (χ1v) is 5.75. The van der Waals surface area contributed by atoms with Crippen molar-refractivity contribution in [3.05, 3.63) is 34.9 Å². The van der Waals surface area contributed by atoms with Crippen molar-refractivity contribution in [2.24, 2.45) is 5.73 Å². The molecule has 0 saturated carbocycles. The number of amides is 1. The van der Waals surface area contributed by atoms with E-state index in [0.717, 1.165) is 0 Å². The Kier molecular flexibility index (Phi) is 5.91. The predicted molar refractivity (Wildman–Crippen MR) is 67.3 cm³/mol. The van der Waals surface area contributed by atoms with Crippen LogP contribution in [0.1, 0.15) is 18.6 Å². The van der Waals surface area contributed by atoms with Gasteiger partial charge in [-0.05, 0) is 13.0 Å². The van der Waals surface area contributed by atoms with Gasteiger partial charge in [0.1, 0.15) is 19.0 Å². The second-order valence-corrected chi connectivity index (χ2v) is 4.06. The molecule has 0 aliphatic heterocycles. The van der Waals surface area contributed by atoms with Gasteiger partial charge < -0.3 is 19.9 Å². The lowest BCUT2D eigenvalue weighted by atomic mass is 10.1. The van der Waals surface area contributed by atoms with Gasteiger partial charge in [-0.15, -0.1) is 0 Å². The standard InChI is InChI=1S/C12H16ClNO4/c1-8(18-12(14)15)11(17-7-16-2)9-5-3-4-6-10(9)13/h3-6,8,11H,7H2,1-2H3,(H2,14,15)/t8-,11-/m1/s1. The molecule has 0 bridgehead atoms. The lowest BCUT2D eigenvalue weighted by Crippen LogP contribution is -2.28. The van der Waals surface area contributed by atoms with Crippen LogP contribution in [0.15, 0.2) is 24.3 Å². The fourth-order valence-electron chi connectivity index (χ4n) is 1.57. The van der Waals surface area contributed by atoms with Crippen LogP contribution in [0.25, 0.3) is 0 Å². The van der Waals surface area contributed by atoms with Crippen LogP contribution in [0.2, 0.25) is 5.02 Å². The number of methoxy groups -OCH3 is 1. The molecule has 2 atom stereocenters. The fraction of sp³-hybridized carbons (Fsp3) is 0.417. The monoisotopic (exact) mass is 273 g/mol. The minimum atomic E-state index is -0.861. The van der Waals surface area contributed by atoms with Crippen LogP contribution in [-0.2, 0) is 14.2 Å². The van der Waals surface area contributed by atoms with Crippen LogP contribution in [0.3, 0.4) is 0 Å². The molecule has 0 fully saturated rings. The van der Waals surface area contributed by atoms with Crippen molar-refractivity contribution < 1.29 is 19.0 Å². The number of nitrogens with two attached hydrogens (primary N) is 1. The topological polar surface area (TPSA) is 70.8 Å². The summed E-state index contributed by atoms with van der Waals surface area (Å²) in [5.74, 6) is 0. The van der Waals surface area contributed by atoms with Crippen molar-refractivity contribution in [1.29, 1.82) is 0 Å². The Morgan fingerprint density at radius 1 is 1.44 bits per heavy atom. The smallest absolute Gasteiger partial charge is 0.404 e. The molecule has 0 spiro atoms. The van der Waals surface area contributed by atoms with E-state index in [2.05, 4.69) is 0 Å². The van der Waals surface area contributed by atoms with Gasteiger partial charge in [-0.2, -0.15) is 0 Å². The molecule has 0 aliphatic rings. The second-order valence-electron chi connectivity index (χ2n) is 3.66. The predicted octanol–water partition coefficient (Wildman–Crippen LogP) is 2.49. The zero-order valence-corrected chi connectivity index (χ0v) is 11.0. The lowest BCUT2D eigenvalue weighted by Gasteiger charge is -2.24. The molecule has 1 aromatic carbocycles. The normalized spacial score (nSPS) is 13.9. The zero-order chi connectivity index (χ0) is 13.5. The van der Waals surface area contributed by atoms with E-state index in [1.165, 1.54) is 7.11 Å². The Balaban J connectivity index is 2.90. The maximum absolute atomic E-state index is 10.8. The van der Waals surface area contributed by atoms with Crippen molar-refractivity contribution in [1.82, 2.24) is 0 Å². The largest absolute Gasteiger partial charge is 0.444 e. The molecule has 5 nitrogen and oxygen atoms in total. The lowest BCUT2D eigenvalue weighted by molar-refractivity contribution is -0.111. The van der Waals surface area contributed by atoms with Crippen LogP contribution < -0.4 is 5.73 Å². The van der Waals surface area contributed by atoms with E-state index in [0.29, 0.717) is 10.6 Å². The summed E-state index contributed by atoms with van der Waals surface area (Å²) in [5, 5.41) is 0.526. The maximum Gasteiger partial charge on any atom is 0.404 e. The highest BCUT2D eigenvalue weighted by Crippen LogP contribution is 2.29. The summed E-state index contributed by atoms with van der Waals surface area (Å²) >= 11 is 6.09. The molecule has 0 aliphatic carbocycles. The first kappa shape index (κ1) is 14.8. The SMILES string of the molecule is COCO[C@@H](c1ccccc1Cl)[C@@H](C)OC(N)=O. The molecule has 0 saturated heterocycles. The van der Waals surface area contributed by atoms with Gasteiger partial charge in [0.25, 0.3) is 0 Å². The minimum Gasteiger partial charge on any atom is -0.444 e. The Morgan fingerprint density at radius 2 is 2.11 bits per heavy atom. The molecule has 1 aromatic rings. The third-order valence-corrected chi connectivity index (χ3v) is 2.65. The van der Waals surface area contributed by atoms with Crippen molar-refractivity contribution in [2.45, 2.75) is 19.1 Å². The molecule has 0 unspecified atom stereocenters. The number of benzene rings is 1. The number of primary amides is 1. The van der Waals surface area contributed by atoms with E-state index in [-0.39, 0.29) is 6.79 Å². The highest BCUT2D eigenvalue weighted by Gasteiger charge is 2.24. The first-order valence-electron chi connectivity index (χ1n) is 5.37. The summed E-state index contributed by atoms with van der Waals surface area (Å²) in [4.78, 5) is 10.8. The van der Waals surface area contributed by atoms with Gasteiger partial charge in [-0.1, -0.05) is 29.8 Å². The van der Waals surface area contributed by atoms with Crippen LogP contribution in [0.4, 0.5) is 4.79 Å². The summed E-state index contributed by atoms with van der Waals surface area (Å²) < 4.78 is 15.3. The van der Waals surface area contributed by atoms with Crippen molar-refractivity contribution in [2.75, 3.05) is 13.9 Å². The maximum atomic E-state index is 10.8. The van der Waals surface area contributed by atoms with Crippen LogP contribution >= 0.6 is 11.6 Å². The van der Waals surface area contributed by atoms with Crippen molar-refractivity contribution in [3.63, 3.8) is 0 Å². The molecule has 100 valence electrons. The zero-order valence-electron chi connectivity index (χ0n) is 10.3. The molecule has 0 aromatic heterocycles. The molecular formula is C12H16ClNO4. The van der Waals surface area contributed by atoms with Crippen LogP contribution in [0, 0.1) is 0 Å². The fourth-order valence-corrected chi connectivity index (χ4v) is 1.81. The van der Waals surface area contributed by atoms with E-state index >= 15 is 0 Å². The number of hydrogen-bond donors (Lipinski definition) is 1.